The lowest BCUT2D eigenvalue weighted by Crippen LogP contribution is -2.36. The summed E-state index contributed by atoms with van der Waals surface area (Å²) in [6.45, 7) is 3.76. The van der Waals surface area contributed by atoms with Gasteiger partial charge in [0.2, 0.25) is 0 Å². The summed E-state index contributed by atoms with van der Waals surface area (Å²) in [5.41, 5.74) is 1.86. The zero-order valence-electron chi connectivity index (χ0n) is 12.2. The first-order valence-corrected chi connectivity index (χ1v) is 6.77. The monoisotopic (exact) mass is 283 g/mol. The largest absolute Gasteiger partial charge is 0.496 e. The van der Waals surface area contributed by atoms with Gasteiger partial charge in [-0.1, -0.05) is 18.2 Å². The predicted octanol–water partition coefficient (Wildman–Crippen LogP) is 2.50. The van der Waals surface area contributed by atoms with Gasteiger partial charge in [0.05, 0.1) is 7.11 Å². The maximum absolute atomic E-state index is 12.4. The van der Waals surface area contributed by atoms with Gasteiger partial charge in [-0.25, -0.2) is 0 Å². The number of methoxy groups -OCH3 is 1. The first-order valence-electron chi connectivity index (χ1n) is 6.77. The van der Waals surface area contributed by atoms with Gasteiger partial charge < -0.3 is 15.2 Å². The van der Waals surface area contributed by atoms with Crippen molar-refractivity contribution in [2.75, 3.05) is 12.4 Å². The van der Waals surface area contributed by atoms with Gasteiger partial charge >= 0.3 is 0 Å². The Labute approximate surface area is 123 Å². The maximum atomic E-state index is 12.4. The highest BCUT2D eigenvalue weighted by Gasteiger charge is 2.47. The summed E-state index contributed by atoms with van der Waals surface area (Å²) in [5.74, 6) is 0.322. The highest BCUT2D eigenvalue weighted by atomic mass is 16.5. The van der Waals surface area contributed by atoms with Gasteiger partial charge in [-0.2, -0.15) is 0 Å². The second-order valence-electron chi connectivity index (χ2n) is 5.35. The number of para-hydroxylation sites is 1. The lowest BCUT2D eigenvalue weighted by molar-refractivity contribution is -0.129. The molecule has 0 saturated carbocycles. The second kappa shape index (κ2) is 4.60. The van der Waals surface area contributed by atoms with Crippen molar-refractivity contribution < 1.29 is 14.6 Å². The minimum Gasteiger partial charge on any atom is -0.496 e. The van der Waals surface area contributed by atoms with Crippen molar-refractivity contribution in [2.24, 2.45) is 0 Å². The van der Waals surface area contributed by atoms with Crippen molar-refractivity contribution in [2.45, 2.75) is 19.4 Å². The first kappa shape index (κ1) is 13.6. The molecule has 0 aliphatic carbocycles. The van der Waals surface area contributed by atoms with E-state index in [0.29, 0.717) is 16.8 Å². The number of nitrogens with one attached hydrogen (secondary N) is 1. The van der Waals surface area contributed by atoms with Gasteiger partial charge in [0.25, 0.3) is 5.91 Å². The molecule has 0 fully saturated rings. The average Bonchev–Trinajstić information content (AvgIpc) is 2.74. The summed E-state index contributed by atoms with van der Waals surface area (Å²) in [4.78, 5) is 12.4. The number of carbonyl (C=O) groups excluding carboxylic acids is 1. The predicted molar refractivity (Wildman–Crippen MR) is 80.5 cm³/mol. The Hall–Kier alpha value is -2.33. The molecular weight excluding hydrogens is 266 g/mol. The van der Waals surface area contributed by atoms with E-state index in [4.69, 9.17) is 4.74 Å². The minimum atomic E-state index is -1.66. The number of anilines is 1. The van der Waals surface area contributed by atoms with E-state index in [-0.39, 0.29) is 0 Å². The van der Waals surface area contributed by atoms with Gasteiger partial charge in [0.15, 0.2) is 5.60 Å². The van der Waals surface area contributed by atoms with Gasteiger partial charge in [-0.05, 0) is 43.2 Å². The number of rotatable bonds is 2. The van der Waals surface area contributed by atoms with Crippen molar-refractivity contribution in [1.29, 1.82) is 0 Å². The zero-order valence-corrected chi connectivity index (χ0v) is 12.2. The standard InChI is InChI=1S/C17H17NO3/c1-10-9-15(21-3)11(2)8-13(10)17(20)12-6-4-5-7-14(12)18-16(17)19/h4-9,20H,1-3H3,(H,18,19). The van der Waals surface area contributed by atoms with Crippen LogP contribution in [0.25, 0.3) is 0 Å². The summed E-state index contributed by atoms with van der Waals surface area (Å²) >= 11 is 0. The third-order valence-electron chi connectivity index (χ3n) is 4.03. The van der Waals surface area contributed by atoms with E-state index in [0.717, 1.165) is 16.9 Å². The van der Waals surface area contributed by atoms with E-state index < -0.39 is 11.5 Å². The van der Waals surface area contributed by atoms with Crippen LogP contribution < -0.4 is 10.1 Å². The highest BCUT2D eigenvalue weighted by Crippen LogP contribution is 2.42. The van der Waals surface area contributed by atoms with Crippen molar-refractivity contribution in [1.82, 2.24) is 0 Å². The third kappa shape index (κ3) is 1.83. The van der Waals surface area contributed by atoms with Gasteiger partial charge in [-0.3, -0.25) is 4.79 Å². The SMILES string of the molecule is COc1cc(C)c(C2(O)C(=O)Nc3ccccc32)cc1C. The summed E-state index contributed by atoms with van der Waals surface area (Å²) in [6, 6.07) is 10.9. The summed E-state index contributed by atoms with van der Waals surface area (Å²) < 4.78 is 5.29. The Kier molecular flexibility index (Phi) is 2.99. The van der Waals surface area contributed by atoms with E-state index in [1.807, 2.05) is 38.1 Å². The summed E-state index contributed by atoms with van der Waals surface area (Å²) in [7, 11) is 1.60. The molecule has 108 valence electrons. The fraction of sp³-hybridized carbons (Fsp3) is 0.235. The molecule has 4 nitrogen and oxygen atoms in total. The third-order valence-corrected chi connectivity index (χ3v) is 4.03. The molecule has 2 aromatic carbocycles. The van der Waals surface area contributed by atoms with Gasteiger partial charge in [-0.15, -0.1) is 0 Å². The van der Waals surface area contributed by atoms with Crippen LogP contribution in [-0.4, -0.2) is 18.1 Å². The lowest BCUT2D eigenvalue weighted by Gasteiger charge is -2.24. The van der Waals surface area contributed by atoms with Crippen LogP contribution in [0.1, 0.15) is 22.3 Å². The molecule has 0 saturated heterocycles. The molecule has 3 rings (SSSR count). The number of hydrogen-bond acceptors (Lipinski definition) is 3. The van der Waals surface area contributed by atoms with Crippen LogP contribution in [0.4, 0.5) is 5.69 Å². The van der Waals surface area contributed by atoms with Crippen molar-refractivity contribution in [3.8, 4) is 5.75 Å². The molecule has 1 heterocycles. The normalized spacial score (nSPS) is 20.1. The fourth-order valence-electron chi connectivity index (χ4n) is 2.91. The summed E-state index contributed by atoms with van der Waals surface area (Å²) in [5, 5.41) is 13.8. The van der Waals surface area contributed by atoms with Crippen LogP contribution in [0, 0.1) is 13.8 Å². The minimum absolute atomic E-state index is 0.420. The molecule has 0 bridgehead atoms. The molecule has 0 aromatic heterocycles. The highest BCUT2D eigenvalue weighted by molar-refractivity contribution is 6.07. The Balaban J connectivity index is 2.24. The molecule has 21 heavy (non-hydrogen) atoms. The Bertz CT molecular complexity index is 739. The molecule has 1 unspecified atom stereocenters. The molecule has 2 aromatic rings. The van der Waals surface area contributed by atoms with Crippen LogP contribution in [0.3, 0.4) is 0 Å². The number of benzene rings is 2. The molecule has 2 N–H and O–H groups in total. The number of hydrogen-bond donors (Lipinski definition) is 2. The van der Waals surface area contributed by atoms with E-state index in [9.17, 15) is 9.90 Å². The van der Waals surface area contributed by atoms with Gasteiger partial charge in [0.1, 0.15) is 5.75 Å². The quantitative estimate of drug-likeness (QED) is 0.890. The van der Waals surface area contributed by atoms with Crippen LogP contribution in [0.15, 0.2) is 36.4 Å². The van der Waals surface area contributed by atoms with E-state index in [1.165, 1.54) is 0 Å². The van der Waals surface area contributed by atoms with Gasteiger partial charge in [0, 0.05) is 16.8 Å². The van der Waals surface area contributed by atoms with Crippen LogP contribution >= 0.6 is 0 Å². The van der Waals surface area contributed by atoms with E-state index in [1.54, 1.807) is 19.2 Å². The van der Waals surface area contributed by atoms with Crippen LogP contribution in [0.2, 0.25) is 0 Å². The van der Waals surface area contributed by atoms with Crippen LogP contribution in [0.5, 0.6) is 5.75 Å². The number of carbonyl (C=O) groups is 1. The average molecular weight is 283 g/mol. The molecule has 1 aliphatic heterocycles. The number of amides is 1. The fourth-order valence-corrected chi connectivity index (χ4v) is 2.91. The molecule has 1 atom stereocenters. The lowest BCUT2D eigenvalue weighted by atomic mass is 9.84. The molecule has 4 heteroatoms. The van der Waals surface area contributed by atoms with Crippen molar-refractivity contribution in [3.05, 3.63) is 58.7 Å². The van der Waals surface area contributed by atoms with E-state index >= 15 is 0 Å². The Morgan fingerprint density at radius 3 is 2.52 bits per heavy atom. The Morgan fingerprint density at radius 1 is 1.10 bits per heavy atom. The van der Waals surface area contributed by atoms with E-state index in [2.05, 4.69) is 5.32 Å². The zero-order chi connectivity index (χ0) is 15.2. The maximum Gasteiger partial charge on any atom is 0.265 e. The molecule has 1 aliphatic rings. The molecule has 0 spiro atoms. The molecule has 1 amide bonds. The second-order valence-corrected chi connectivity index (χ2v) is 5.35. The van der Waals surface area contributed by atoms with Crippen molar-refractivity contribution in [3.63, 3.8) is 0 Å². The first-order chi connectivity index (χ1) is 9.98. The Morgan fingerprint density at radius 2 is 1.81 bits per heavy atom. The van der Waals surface area contributed by atoms with Crippen molar-refractivity contribution >= 4 is 11.6 Å². The van der Waals surface area contributed by atoms with Crippen LogP contribution in [-0.2, 0) is 10.4 Å². The smallest absolute Gasteiger partial charge is 0.265 e. The number of fused-ring (bicyclic) bond motifs is 1. The number of aryl methyl sites for hydroxylation is 2. The number of ether oxygens (including phenoxy) is 1. The topological polar surface area (TPSA) is 58.6 Å². The molecular formula is C17H17NO3. The summed E-state index contributed by atoms with van der Waals surface area (Å²) in [6.07, 6.45) is 0. The molecule has 0 radical (unpaired) electrons. The number of aliphatic hydroxyl groups is 1.